The van der Waals surface area contributed by atoms with Crippen molar-refractivity contribution in [2.45, 2.75) is 19.4 Å². The van der Waals surface area contributed by atoms with Crippen molar-refractivity contribution >= 4 is 11.9 Å². The first-order valence-corrected chi connectivity index (χ1v) is 5.18. The largest absolute Gasteiger partial charge is 0.508 e. The fourth-order valence-corrected chi connectivity index (χ4v) is 1.38. The Labute approximate surface area is 99.4 Å². The highest BCUT2D eigenvalue weighted by molar-refractivity contribution is 5.85. The fourth-order valence-electron chi connectivity index (χ4n) is 1.38. The molecule has 0 aliphatic rings. The Morgan fingerprint density at radius 3 is 2.76 bits per heavy atom. The maximum atomic E-state index is 11.6. The maximum Gasteiger partial charge on any atom is 0.328 e. The second kappa shape index (κ2) is 5.89. The molecule has 92 valence electrons. The average molecular weight is 237 g/mol. The summed E-state index contributed by atoms with van der Waals surface area (Å²) >= 11 is 0. The summed E-state index contributed by atoms with van der Waals surface area (Å²) in [4.78, 5) is 22.6. The summed E-state index contributed by atoms with van der Waals surface area (Å²) in [5.74, 6) is -0.681. The van der Waals surface area contributed by atoms with Gasteiger partial charge in [-0.25, -0.2) is 4.79 Å². The summed E-state index contributed by atoms with van der Waals surface area (Å²) in [6.07, 6.45) is 0.107. The molecule has 1 atom stereocenters. The van der Waals surface area contributed by atoms with Crippen LogP contribution >= 0.6 is 0 Å². The molecule has 1 rings (SSSR count). The Bertz CT molecular complexity index is 417. The molecule has 0 bridgehead atoms. The summed E-state index contributed by atoms with van der Waals surface area (Å²) in [5, 5.41) is 11.7. The van der Waals surface area contributed by atoms with Gasteiger partial charge in [-0.05, 0) is 24.6 Å². The highest BCUT2D eigenvalue weighted by Gasteiger charge is 2.15. The van der Waals surface area contributed by atoms with Crippen molar-refractivity contribution in [1.82, 2.24) is 5.32 Å². The molecule has 1 amide bonds. The first-order valence-electron chi connectivity index (χ1n) is 5.18. The van der Waals surface area contributed by atoms with Crippen LogP contribution in [0.15, 0.2) is 24.3 Å². The topological polar surface area (TPSA) is 75.6 Å². The molecule has 0 spiro atoms. The van der Waals surface area contributed by atoms with Crippen LogP contribution in [0.1, 0.15) is 12.5 Å². The van der Waals surface area contributed by atoms with E-state index in [4.69, 9.17) is 0 Å². The zero-order valence-corrected chi connectivity index (χ0v) is 9.77. The van der Waals surface area contributed by atoms with E-state index in [-0.39, 0.29) is 18.1 Å². The number of amides is 1. The van der Waals surface area contributed by atoms with E-state index in [1.165, 1.54) is 19.2 Å². The lowest BCUT2D eigenvalue weighted by Gasteiger charge is -2.11. The van der Waals surface area contributed by atoms with Crippen LogP contribution in [-0.4, -0.2) is 30.1 Å². The van der Waals surface area contributed by atoms with Gasteiger partial charge in [0.15, 0.2) is 0 Å². The third-order valence-corrected chi connectivity index (χ3v) is 2.21. The predicted octanol–water partition coefficient (Wildman–Crippen LogP) is 0.612. The zero-order chi connectivity index (χ0) is 12.8. The van der Waals surface area contributed by atoms with E-state index in [0.29, 0.717) is 5.56 Å². The molecule has 1 aromatic rings. The molecule has 0 aromatic heterocycles. The average Bonchev–Trinajstić information content (AvgIpc) is 2.27. The number of carbonyl (C=O) groups excluding carboxylic acids is 2. The molecule has 1 unspecified atom stereocenters. The van der Waals surface area contributed by atoms with Crippen LogP contribution in [-0.2, 0) is 20.7 Å². The highest BCUT2D eigenvalue weighted by atomic mass is 16.5. The van der Waals surface area contributed by atoms with Gasteiger partial charge in [0.05, 0.1) is 13.5 Å². The van der Waals surface area contributed by atoms with E-state index in [1.807, 2.05) is 0 Å². The Kier molecular flexibility index (Phi) is 4.51. The number of esters is 1. The van der Waals surface area contributed by atoms with Crippen LogP contribution in [0.3, 0.4) is 0 Å². The smallest absolute Gasteiger partial charge is 0.328 e. The van der Waals surface area contributed by atoms with E-state index in [1.54, 1.807) is 19.1 Å². The van der Waals surface area contributed by atoms with Gasteiger partial charge in [-0.3, -0.25) is 4.79 Å². The summed E-state index contributed by atoms with van der Waals surface area (Å²) in [6, 6.07) is 5.73. The summed E-state index contributed by atoms with van der Waals surface area (Å²) in [6.45, 7) is 1.55. The van der Waals surface area contributed by atoms with E-state index in [2.05, 4.69) is 10.1 Å². The van der Waals surface area contributed by atoms with Crippen molar-refractivity contribution in [1.29, 1.82) is 0 Å². The number of hydrogen-bond acceptors (Lipinski definition) is 4. The zero-order valence-electron chi connectivity index (χ0n) is 9.77. The molecular weight excluding hydrogens is 222 g/mol. The van der Waals surface area contributed by atoms with E-state index in [0.717, 1.165) is 0 Å². The number of ether oxygens (including phenoxy) is 1. The third kappa shape index (κ3) is 4.14. The standard InChI is InChI=1S/C12H15NO4/c1-8(12(16)17-2)13-11(15)7-9-4-3-5-10(14)6-9/h3-6,8,14H,7H2,1-2H3,(H,13,15). The van der Waals surface area contributed by atoms with Crippen LogP contribution in [0.5, 0.6) is 5.75 Å². The summed E-state index contributed by atoms with van der Waals surface area (Å²) in [7, 11) is 1.26. The Morgan fingerprint density at radius 2 is 2.18 bits per heavy atom. The van der Waals surface area contributed by atoms with Crippen LogP contribution in [0.25, 0.3) is 0 Å². The number of nitrogens with one attached hydrogen (secondary N) is 1. The van der Waals surface area contributed by atoms with Gasteiger partial charge < -0.3 is 15.2 Å². The second-order valence-corrected chi connectivity index (χ2v) is 3.66. The molecule has 5 nitrogen and oxygen atoms in total. The SMILES string of the molecule is COC(=O)C(C)NC(=O)Cc1cccc(O)c1. The van der Waals surface area contributed by atoms with Crippen molar-refractivity contribution in [3.8, 4) is 5.75 Å². The lowest BCUT2D eigenvalue weighted by Crippen LogP contribution is -2.39. The van der Waals surface area contributed by atoms with Crippen LogP contribution < -0.4 is 5.32 Å². The van der Waals surface area contributed by atoms with Crippen LogP contribution in [0.4, 0.5) is 0 Å². The quantitative estimate of drug-likeness (QED) is 0.752. The number of hydrogen-bond donors (Lipinski definition) is 2. The van der Waals surface area contributed by atoms with Crippen molar-refractivity contribution in [3.63, 3.8) is 0 Å². The summed E-state index contributed by atoms with van der Waals surface area (Å²) in [5.41, 5.74) is 0.680. The maximum absolute atomic E-state index is 11.6. The Morgan fingerprint density at radius 1 is 1.47 bits per heavy atom. The van der Waals surface area contributed by atoms with Gasteiger partial charge in [-0.1, -0.05) is 12.1 Å². The predicted molar refractivity (Wildman–Crippen MR) is 61.4 cm³/mol. The number of phenols is 1. The third-order valence-electron chi connectivity index (χ3n) is 2.21. The Balaban J connectivity index is 2.53. The number of rotatable bonds is 4. The minimum absolute atomic E-state index is 0.107. The second-order valence-electron chi connectivity index (χ2n) is 3.66. The van der Waals surface area contributed by atoms with Gasteiger partial charge in [0.25, 0.3) is 0 Å². The Hall–Kier alpha value is -2.04. The first kappa shape index (κ1) is 13.0. The lowest BCUT2D eigenvalue weighted by molar-refractivity contribution is -0.144. The molecule has 0 heterocycles. The van der Waals surface area contributed by atoms with Gasteiger partial charge in [-0.15, -0.1) is 0 Å². The number of phenolic OH excluding ortho intramolecular Hbond substituents is 1. The number of benzene rings is 1. The summed E-state index contributed by atoms with van der Waals surface area (Å²) < 4.78 is 4.49. The van der Waals surface area contributed by atoms with Crippen LogP contribution in [0.2, 0.25) is 0 Å². The highest BCUT2D eigenvalue weighted by Crippen LogP contribution is 2.11. The van der Waals surface area contributed by atoms with Crippen molar-refractivity contribution < 1.29 is 19.4 Å². The van der Waals surface area contributed by atoms with Gasteiger partial charge in [0.1, 0.15) is 11.8 Å². The van der Waals surface area contributed by atoms with Gasteiger partial charge >= 0.3 is 5.97 Å². The van der Waals surface area contributed by atoms with Crippen molar-refractivity contribution in [3.05, 3.63) is 29.8 Å². The van der Waals surface area contributed by atoms with Crippen molar-refractivity contribution in [2.75, 3.05) is 7.11 Å². The number of methoxy groups -OCH3 is 1. The monoisotopic (exact) mass is 237 g/mol. The molecular formula is C12H15NO4. The number of aromatic hydroxyl groups is 1. The molecule has 17 heavy (non-hydrogen) atoms. The first-order chi connectivity index (χ1) is 8.02. The molecule has 0 saturated carbocycles. The molecule has 1 aromatic carbocycles. The van der Waals surface area contributed by atoms with E-state index >= 15 is 0 Å². The van der Waals surface area contributed by atoms with E-state index < -0.39 is 12.0 Å². The molecule has 0 fully saturated rings. The molecule has 0 radical (unpaired) electrons. The molecule has 0 aliphatic heterocycles. The molecule has 0 saturated heterocycles. The van der Waals surface area contributed by atoms with E-state index in [9.17, 15) is 14.7 Å². The molecule has 0 aliphatic carbocycles. The van der Waals surface area contributed by atoms with Gasteiger partial charge in [0.2, 0.25) is 5.91 Å². The van der Waals surface area contributed by atoms with Crippen molar-refractivity contribution in [2.24, 2.45) is 0 Å². The molecule has 5 heteroatoms. The van der Waals surface area contributed by atoms with Crippen LogP contribution in [0, 0.1) is 0 Å². The normalized spacial score (nSPS) is 11.6. The van der Waals surface area contributed by atoms with Gasteiger partial charge in [-0.2, -0.15) is 0 Å². The minimum atomic E-state index is -0.676. The lowest BCUT2D eigenvalue weighted by atomic mass is 10.1. The minimum Gasteiger partial charge on any atom is -0.508 e. The fraction of sp³-hybridized carbons (Fsp3) is 0.333. The van der Waals surface area contributed by atoms with Gasteiger partial charge in [0, 0.05) is 0 Å². The molecule has 2 N–H and O–H groups in total. The number of carbonyl (C=O) groups is 2.